The highest BCUT2D eigenvalue weighted by Gasteiger charge is 2.52. The van der Waals surface area contributed by atoms with Crippen molar-refractivity contribution >= 4 is 0 Å². The molecule has 2 nitrogen and oxygen atoms in total. The largest absolute Gasteiger partial charge is 0.393 e. The van der Waals surface area contributed by atoms with E-state index in [0.717, 1.165) is 31.8 Å². The van der Waals surface area contributed by atoms with E-state index in [2.05, 4.69) is 19.9 Å². The van der Waals surface area contributed by atoms with Gasteiger partial charge in [0.15, 0.2) is 0 Å². The number of aliphatic hydroxyl groups excluding tert-OH is 1. The maximum absolute atomic E-state index is 10.4. The number of fused-ring (bicyclic) bond motifs is 4. The van der Waals surface area contributed by atoms with Crippen LogP contribution in [0.3, 0.4) is 0 Å². The molecule has 1 saturated carbocycles. The molecule has 0 aliphatic heterocycles. The Hall–Kier alpha value is -0.600. The zero-order chi connectivity index (χ0) is 17.3. The predicted molar refractivity (Wildman–Crippen MR) is 99.9 cm³/mol. The van der Waals surface area contributed by atoms with Crippen LogP contribution in [0.25, 0.3) is 0 Å². The Balaban J connectivity index is 0.000000815. The zero-order valence-electron chi connectivity index (χ0n) is 16.1. The van der Waals surface area contributed by atoms with Crippen LogP contribution in [0.5, 0.6) is 0 Å². The van der Waals surface area contributed by atoms with E-state index in [-0.39, 0.29) is 11.5 Å². The summed E-state index contributed by atoms with van der Waals surface area (Å²) in [5, 5.41) is 10.4. The van der Waals surface area contributed by atoms with Gasteiger partial charge in [0.2, 0.25) is 0 Å². The lowest BCUT2D eigenvalue weighted by atomic mass is 9.58. The first-order valence-corrected chi connectivity index (χ1v) is 10.3. The van der Waals surface area contributed by atoms with Gasteiger partial charge in [0.1, 0.15) is 0 Å². The summed E-state index contributed by atoms with van der Waals surface area (Å²) >= 11 is 0. The van der Waals surface area contributed by atoms with Crippen molar-refractivity contribution < 1.29 is 9.84 Å². The molecule has 24 heavy (non-hydrogen) atoms. The smallest absolute Gasteiger partial charge is 0.0615 e. The van der Waals surface area contributed by atoms with E-state index in [1.807, 2.05) is 13.8 Å². The Labute approximate surface area is 148 Å². The number of allylic oxidation sites excluding steroid dienone is 3. The average molecular weight is 333 g/mol. The number of hydrogen-bond acceptors (Lipinski definition) is 2. The maximum atomic E-state index is 10.4. The molecule has 5 atom stereocenters. The van der Waals surface area contributed by atoms with Crippen molar-refractivity contribution in [2.24, 2.45) is 17.3 Å². The van der Waals surface area contributed by atoms with Crippen LogP contribution in [0.15, 0.2) is 22.8 Å². The molecule has 136 valence electrons. The van der Waals surface area contributed by atoms with Crippen molar-refractivity contribution in [3.05, 3.63) is 22.8 Å². The first kappa shape index (κ1) is 18.2. The summed E-state index contributed by atoms with van der Waals surface area (Å²) in [7, 11) is 0. The van der Waals surface area contributed by atoms with Crippen molar-refractivity contribution in [3.8, 4) is 0 Å². The van der Waals surface area contributed by atoms with Crippen LogP contribution in [0.4, 0.5) is 0 Å². The van der Waals surface area contributed by atoms with Gasteiger partial charge < -0.3 is 9.84 Å². The lowest BCUT2D eigenvalue weighted by Gasteiger charge is -2.47. The lowest BCUT2D eigenvalue weighted by Crippen LogP contribution is -2.41. The van der Waals surface area contributed by atoms with Crippen molar-refractivity contribution in [1.82, 2.24) is 0 Å². The van der Waals surface area contributed by atoms with Crippen LogP contribution < -0.4 is 0 Å². The second-order valence-electron chi connectivity index (χ2n) is 8.12. The van der Waals surface area contributed by atoms with Gasteiger partial charge >= 0.3 is 0 Å². The number of hydrogen-bond donors (Lipinski definition) is 1. The molecule has 0 bridgehead atoms. The summed E-state index contributed by atoms with van der Waals surface area (Å²) in [6.45, 7) is 9.28. The van der Waals surface area contributed by atoms with Crippen LogP contribution in [-0.2, 0) is 4.74 Å². The average Bonchev–Trinajstić information content (AvgIpc) is 2.92. The minimum absolute atomic E-state index is 0.0839. The van der Waals surface area contributed by atoms with E-state index in [1.54, 1.807) is 16.7 Å². The molecule has 0 aromatic heterocycles. The normalized spacial score (nSPS) is 40.8. The van der Waals surface area contributed by atoms with E-state index in [0.29, 0.717) is 12.0 Å². The Kier molecular flexibility index (Phi) is 5.56. The predicted octanol–water partition coefficient (Wildman–Crippen LogP) is 5.42. The van der Waals surface area contributed by atoms with Gasteiger partial charge in [-0.2, -0.15) is 0 Å². The summed E-state index contributed by atoms with van der Waals surface area (Å²) in [6.07, 6.45) is 12.3. The van der Waals surface area contributed by atoms with E-state index >= 15 is 0 Å². The monoisotopic (exact) mass is 332 g/mol. The van der Waals surface area contributed by atoms with Gasteiger partial charge in [0.25, 0.3) is 0 Å². The molecule has 1 fully saturated rings. The van der Waals surface area contributed by atoms with E-state index < -0.39 is 0 Å². The Morgan fingerprint density at radius 3 is 2.71 bits per heavy atom. The molecule has 0 saturated heterocycles. The standard InChI is InChI=1S/C20H30O2.C2H6/c1-3-22-14-5-7-15-13(12-14)4-6-17-16(15)10-11-20(2)18(17)8-9-19(20)21;1-2/h10,14,17-19,21H,3-9,11-12H2,1-2H3;1-2H3. The summed E-state index contributed by atoms with van der Waals surface area (Å²) in [6, 6.07) is 0. The van der Waals surface area contributed by atoms with Crippen LogP contribution >= 0.6 is 0 Å². The van der Waals surface area contributed by atoms with Gasteiger partial charge in [-0.25, -0.2) is 0 Å². The minimum Gasteiger partial charge on any atom is -0.393 e. The van der Waals surface area contributed by atoms with Gasteiger partial charge in [-0.05, 0) is 81.3 Å². The molecule has 4 aliphatic carbocycles. The molecule has 0 aromatic rings. The van der Waals surface area contributed by atoms with Gasteiger partial charge in [0.05, 0.1) is 12.2 Å². The SMILES string of the molecule is CC.CCOC1CCC2=C(CCC3C2=CCC2(C)C(O)CCC32)C1. The third-order valence-corrected chi connectivity index (χ3v) is 7.13. The fourth-order valence-electron chi connectivity index (χ4n) is 5.89. The highest BCUT2D eigenvalue weighted by atomic mass is 16.5. The molecule has 2 heteroatoms. The number of ether oxygens (including phenoxy) is 1. The molecule has 0 radical (unpaired) electrons. The van der Waals surface area contributed by atoms with Crippen molar-refractivity contribution in [3.63, 3.8) is 0 Å². The molecule has 5 unspecified atom stereocenters. The molecule has 0 aromatic carbocycles. The van der Waals surface area contributed by atoms with E-state index in [4.69, 9.17) is 4.74 Å². The molecule has 0 spiro atoms. The Morgan fingerprint density at radius 2 is 1.96 bits per heavy atom. The maximum Gasteiger partial charge on any atom is 0.0615 e. The van der Waals surface area contributed by atoms with E-state index in [9.17, 15) is 5.11 Å². The van der Waals surface area contributed by atoms with Gasteiger partial charge in [0, 0.05) is 12.0 Å². The first-order chi connectivity index (χ1) is 11.6. The summed E-state index contributed by atoms with van der Waals surface area (Å²) in [4.78, 5) is 0. The van der Waals surface area contributed by atoms with Gasteiger partial charge in [-0.3, -0.25) is 0 Å². The van der Waals surface area contributed by atoms with Crippen LogP contribution in [-0.4, -0.2) is 23.9 Å². The quantitative estimate of drug-likeness (QED) is 0.732. The van der Waals surface area contributed by atoms with Gasteiger partial charge in [-0.15, -0.1) is 0 Å². The minimum atomic E-state index is -0.0839. The van der Waals surface area contributed by atoms with Crippen molar-refractivity contribution in [1.29, 1.82) is 0 Å². The zero-order valence-corrected chi connectivity index (χ0v) is 16.1. The highest BCUT2D eigenvalue weighted by Crippen LogP contribution is 2.58. The third kappa shape index (κ3) is 2.90. The number of aliphatic hydroxyl groups is 1. The van der Waals surface area contributed by atoms with Crippen molar-refractivity contribution in [2.75, 3.05) is 6.61 Å². The molecule has 0 amide bonds. The fraction of sp³-hybridized carbons (Fsp3) is 0.818. The second-order valence-corrected chi connectivity index (χ2v) is 8.12. The third-order valence-electron chi connectivity index (χ3n) is 7.13. The molecule has 4 aliphatic rings. The summed E-state index contributed by atoms with van der Waals surface area (Å²) in [5.74, 6) is 1.43. The Bertz CT molecular complexity index is 518. The number of rotatable bonds is 2. The molecule has 4 rings (SSSR count). The second kappa shape index (κ2) is 7.33. The molecular formula is C22H36O2. The Morgan fingerprint density at radius 1 is 1.17 bits per heavy atom. The topological polar surface area (TPSA) is 29.5 Å². The van der Waals surface area contributed by atoms with Crippen LogP contribution in [0, 0.1) is 17.3 Å². The lowest BCUT2D eigenvalue weighted by molar-refractivity contribution is 0.0188. The molecule has 0 heterocycles. The van der Waals surface area contributed by atoms with E-state index in [1.165, 1.54) is 32.1 Å². The molecule has 1 N–H and O–H groups in total. The summed E-state index contributed by atoms with van der Waals surface area (Å²) in [5.41, 5.74) is 5.20. The first-order valence-electron chi connectivity index (χ1n) is 10.3. The fourth-order valence-corrected chi connectivity index (χ4v) is 5.89. The van der Waals surface area contributed by atoms with Crippen LogP contribution in [0.1, 0.15) is 79.1 Å². The molecular weight excluding hydrogens is 296 g/mol. The van der Waals surface area contributed by atoms with Gasteiger partial charge in [-0.1, -0.05) is 32.4 Å². The summed E-state index contributed by atoms with van der Waals surface area (Å²) < 4.78 is 5.88. The highest BCUT2D eigenvalue weighted by molar-refractivity contribution is 5.44. The van der Waals surface area contributed by atoms with Crippen LogP contribution in [0.2, 0.25) is 0 Å². The van der Waals surface area contributed by atoms with Crippen molar-refractivity contribution in [2.45, 2.75) is 91.3 Å².